The maximum atomic E-state index is 14.6. The molecule has 9 heteroatoms. The van der Waals surface area contributed by atoms with Crippen molar-refractivity contribution in [3.05, 3.63) is 35.9 Å². The maximum absolute atomic E-state index is 14.6. The number of rotatable bonds is 13. The SMILES string of the molecule is CCCC1C[C@@H](CNC[C@H]2CC[C@](C)(O)CC2)C[C@H](CNc2nc(NCc3cccnc3OC)ncc2F)C1. The summed E-state index contributed by atoms with van der Waals surface area (Å²) in [5, 5.41) is 20.4. The van der Waals surface area contributed by atoms with E-state index in [9.17, 15) is 9.50 Å². The number of nitrogens with one attached hydrogen (secondary N) is 3. The second-order valence-corrected chi connectivity index (χ2v) is 12.0. The molecule has 4 N–H and O–H groups in total. The van der Waals surface area contributed by atoms with Crippen LogP contribution in [0.3, 0.4) is 0 Å². The largest absolute Gasteiger partial charge is 0.481 e. The average Bonchev–Trinajstić information content (AvgIpc) is 2.93. The molecule has 0 aromatic carbocycles. The van der Waals surface area contributed by atoms with Gasteiger partial charge in [-0.3, -0.25) is 0 Å². The Hall–Kier alpha value is -2.52. The summed E-state index contributed by atoms with van der Waals surface area (Å²) in [4.78, 5) is 12.7. The highest BCUT2D eigenvalue weighted by Crippen LogP contribution is 2.36. The number of hydrogen-bond acceptors (Lipinski definition) is 8. The van der Waals surface area contributed by atoms with Gasteiger partial charge in [0.2, 0.25) is 11.8 Å². The molecule has 2 heterocycles. The van der Waals surface area contributed by atoms with Gasteiger partial charge in [-0.25, -0.2) is 14.4 Å². The van der Waals surface area contributed by atoms with Gasteiger partial charge < -0.3 is 25.8 Å². The lowest BCUT2D eigenvalue weighted by molar-refractivity contribution is 0.00799. The molecule has 1 unspecified atom stereocenters. The summed E-state index contributed by atoms with van der Waals surface area (Å²) < 4.78 is 19.9. The predicted molar refractivity (Wildman–Crippen MR) is 153 cm³/mol. The van der Waals surface area contributed by atoms with E-state index in [-0.39, 0.29) is 5.82 Å². The van der Waals surface area contributed by atoms with Crippen molar-refractivity contribution in [3.8, 4) is 5.88 Å². The fourth-order valence-electron chi connectivity index (χ4n) is 6.41. The predicted octanol–water partition coefficient (Wildman–Crippen LogP) is 5.41. The van der Waals surface area contributed by atoms with Gasteiger partial charge in [0.25, 0.3) is 0 Å². The van der Waals surface area contributed by atoms with Crippen LogP contribution in [0.15, 0.2) is 24.5 Å². The molecule has 0 radical (unpaired) electrons. The fraction of sp³-hybridized carbons (Fsp3) is 0.700. The van der Waals surface area contributed by atoms with Gasteiger partial charge in [-0.15, -0.1) is 0 Å². The minimum Gasteiger partial charge on any atom is -0.481 e. The second kappa shape index (κ2) is 14.2. The standard InChI is InChI=1S/C30H47FN6O2/c1-4-6-22-13-23(17-32-16-21-8-10-30(2,38)11-9-21)15-24(14-22)18-34-27-26(31)20-36-29(37-27)35-19-25-7-5-12-33-28(25)39-3/h5,7,12,20-24,32,38H,4,6,8-11,13-19H2,1-3H3,(H2,34,35,36,37)/t21-,22?,23-,24-,30-/m1/s1. The van der Waals surface area contributed by atoms with E-state index in [2.05, 4.69) is 37.8 Å². The number of ether oxygens (including phenoxy) is 1. The van der Waals surface area contributed by atoms with Crippen LogP contribution in [-0.2, 0) is 6.54 Å². The number of aliphatic hydroxyl groups is 1. The third kappa shape index (κ3) is 9.00. The zero-order chi connectivity index (χ0) is 27.7. The van der Waals surface area contributed by atoms with Crippen molar-refractivity contribution >= 4 is 11.8 Å². The highest BCUT2D eigenvalue weighted by Gasteiger charge is 2.30. The summed E-state index contributed by atoms with van der Waals surface area (Å²) >= 11 is 0. The van der Waals surface area contributed by atoms with Crippen molar-refractivity contribution in [3.63, 3.8) is 0 Å². The van der Waals surface area contributed by atoms with Crippen LogP contribution in [0.2, 0.25) is 0 Å². The van der Waals surface area contributed by atoms with Crippen LogP contribution in [0.25, 0.3) is 0 Å². The van der Waals surface area contributed by atoms with Gasteiger partial charge in [-0.1, -0.05) is 25.8 Å². The molecule has 2 saturated carbocycles. The minimum absolute atomic E-state index is 0.242. The van der Waals surface area contributed by atoms with Gasteiger partial charge in [-0.05, 0) is 94.7 Å². The van der Waals surface area contributed by atoms with Crippen LogP contribution in [0.4, 0.5) is 16.2 Å². The topological polar surface area (TPSA) is 104 Å². The van der Waals surface area contributed by atoms with Crippen LogP contribution < -0.4 is 20.7 Å². The number of methoxy groups -OCH3 is 1. The Labute approximate surface area is 233 Å². The molecule has 2 aliphatic rings. The molecule has 216 valence electrons. The monoisotopic (exact) mass is 542 g/mol. The van der Waals surface area contributed by atoms with E-state index in [0.717, 1.165) is 50.8 Å². The number of halogens is 1. The van der Waals surface area contributed by atoms with Crippen molar-refractivity contribution in [1.29, 1.82) is 0 Å². The van der Waals surface area contributed by atoms with Crippen molar-refractivity contribution < 1.29 is 14.2 Å². The molecule has 0 spiro atoms. The highest BCUT2D eigenvalue weighted by molar-refractivity contribution is 5.42. The molecule has 2 aliphatic carbocycles. The fourth-order valence-corrected chi connectivity index (χ4v) is 6.41. The number of hydrogen-bond donors (Lipinski definition) is 4. The molecular weight excluding hydrogens is 495 g/mol. The van der Waals surface area contributed by atoms with E-state index in [1.165, 1.54) is 31.9 Å². The van der Waals surface area contributed by atoms with Crippen LogP contribution in [0.1, 0.15) is 77.2 Å². The first-order chi connectivity index (χ1) is 18.8. The van der Waals surface area contributed by atoms with Gasteiger partial charge in [-0.2, -0.15) is 4.98 Å². The molecule has 3 atom stereocenters. The van der Waals surface area contributed by atoms with Gasteiger partial charge in [0.15, 0.2) is 11.6 Å². The van der Waals surface area contributed by atoms with E-state index in [4.69, 9.17) is 4.74 Å². The first-order valence-electron chi connectivity index (χ1n) is 14.8. The Morgan fingerprint density at radius 1 is 1.03 bits per heavy atom. The summed E-state index contributed by atoms with van der Waals surface area (Å²) in [6, 6.07) is 3.76. The maximum Gasteiger partial charge on any atom is 0.225 e. The van der Waals surface area contributed by atoms with Crippen LogP contribution in [0, 0.1) is 29.5 Å². The highest BCUT2D eigenvalue weighted by atomic mass is 19.1. The smallest absolute Gasteiger partial charge is 0.225 e. The van der Waals surface area contributed by atoms with Gasteiger partial charge in [0.1, 0.15) is 0 Å². The molecule has 4 rings (SSSR count). The van der Waals surface area contributed by atoms with Crippen molar-refractivity contribution in [1.82, 2.24) is 20.3 Å². The zero-order valence-corrected chi connectivity index (χ0v) is 23.9. The Morgan fingerprint density at radius 2 is 1.74 bits per heavy atom. The lowest BCUT2D eigenvalue weighted by Gasteiger charge is -2.36. The Morgan fingerprint density at radius 3 is 2.49 bits per heavy atom. The number of nitrogens with zero attached hydrogens (tertiary/aromatic N) is 3. The summed E-state index contributed by atoms with van der Waals surface area (Å²) in [5.41, 5.74) is 0.405. The van der Waals surface area contributed by atoms with E-state index >= 15 is 0 Å². The summed E-state index contributed by atoms with van der Waals surface area (Å²) in [7, 11) is 1.59. The van der Waals surface area contributed by atoms with Crippen molar-refractivity contribution in [2.75, 3.05) is 37.4 Å². The molecule has 0 aliphatic heterocycles. The van der Waals surface area contributed by atoms with E-state index in [0.29, 0.717) is 48.6 Å². The number of anilines is 2. The van der Waals surface area contributed by atoms with Gasteiger partial charge in [0, 0.05) is 24.8 Å². The lowest BCUT2D eigenvalue weighted by atomic mass is 9.73. The number of pyridine rings is 1. The molecule has 2 aromatic rings. The molecule has 2 fully saturated rings. The Balaban J connectivity index is 1.28. The third-order valence-corrected chi connectivity index (χ3v) is 8.53. The van der Waals surface area contributed by atoms with E-state index in [1.54, 1.807) is 13.3 Å². The average molecular weight is 543 g/mol. The first kappa shape index (κ1) is 29.5. The van der Waals surface area contributed by atoms with E-state index in [1.807, 2.05) is 19.1 Å². The summed E-state index contributed by atoms with van der Waals surface area (Å²) in [6.45, 7) is 7.44. The molecule has 8 nitrogen and oxygen atoms in total. The van der Waals surface area contributed by atoms with E-state index < -0.39 is 11.4 Å². The van der Waals surface area contributed by atoms with Crippen LogP contribution in [-0.4, -0.2) is 52.4 Å². The summed E-state index contributed by atoms with van der Waals surface area (Å²) in [6.07, 6.45) is 12.9. The van der Waals surface area contributed by atoms with Crippen LogP contribution >= 0.6 is 0 Å². The van der Waals surface area contributed by atoms with Gasteiger partial charge in [0.05, 0.1) is 18.9 Å². The molecule has 0 saturated heterocycles. The Bertz CT molecular complexity index is 1030. The summed E-state index contributed by atoms with van der Waals surface area (Å²) in [5.74, 6) is 3.21. The Kier molecular flexibility index (Phi) is 10.7. The zero-order valence-electron chi connectivity index (χ0n) is 23.9. The third-order valence-electron chi connectivity index (χ3n) is 8.53. The molecular formula is C30H47FN6O2. The van der Waals surface area contributed by atoms with Gasteiger partial charge >= 0.3 is 0 Å². The van der Waals surface area contributed by atoms with Crippen LogP contribution in [0.5, 0.6) is 5.88 Å². The molecule has 0 amide bonds. The molecule has 0 bridgehead atoms. The quantitative estimate of drug-likeness (QED) is 0.267. The molecule has 2 aromatic heterocycles. The van der Waals surface area contributed by atoms with Crippen molar-refractivity contribution in [2.24, 2.45) is 23.7 Å². The first-order valence-corrected chi connectivity index (χ1v) is 14.8. The molecule has 39 heavy (non-hydrogen) atoms. The number of aromatic nitrogens is 3. The second-order valence-electron chi connectivity index (χ2n) is 12.0. The minimum atomic E-state index is -0.472. The normalized spacial score (nSPS) is 27.2. The lowest BCUT2D eigenvalue weighted by Crippen LogP contribution is -2.37. The van der Waals surface area contributed by atoms with Crippen molar-refractivity contribution in [2.45, 2.75) is 83.8 Å².